The molecule has 0 fully saturated rings. The van der Waals surface area contributed by atoms with Gasteiger partial charge in [0.1, 0.15) is 11.4 Å². The van der Waals surface area contributed by atoms with Crippen LogP contribution in [0.5, 0.6) is 5.75 Å². The molecule has 0 aliphatic heterocycles. The Balaban J connectivity index is 2.44. The fourth-order valence-electron chi connectivity index (χ4n) is 1.66. The lowest BCUT2D eigenvalue weighted by Gasteiger charge is -2.19. The van der Waals surface area contributed by atoms with Crippen molar-refractivity contribution in [2.24, 2.45) is 5.92 Å². The Labute approximate surface area is 122 Å². The van der Waals surface area contributed by atoms with Crippen LogP contribution in [0.3, 0.4) is 0 Å². The summed E-state index contributed by atoms with van der Waals surface area (Å²) < 4.78 is 10.9. The number of ether oxygens (including phenoxy) is 2. The molecule has 1 rings (SSSR count). The van der Waals surface area contributed by atoms with Crippen molar-refractivity contribution in [3.63, 3.8) is 0 Å². The average Bonchev–Trinajstić information content (AvgIpc) is 2.28. The molecule has 0 N–H and O–H groups in total. The van der Waals surface area contributed by atoms with E-state index >= 15 is 0 Å². The van der Waals surface area contributed by atoms with Crippen molar-refractivity contribution in [3.05, 3.63) is 29.8 Å². The second-order valence-corrected chi connectivity index (χ2v) is 6.44. The first-order chi connectivity index (χ1) is 9.26. The third kappa shape index (κ3) is 7.17. The van der Waals surface area contributed by atoms with Crippen molar-refractivity contribution in [2.45, 2.75) is 53.1 Å². The van der Waals surface area contributed by atoms with Crippen molar-refractivity contribution in [1.82, 2.24) is 0 Å². The molecule has 1 aromatic rings. The summed E-state index contributed by atoms with van der Waals surface area (Å²) in [5, 5.41) is 0. The largest absolute Gasteiger partial charge is 0.494 e. The SMILES string of the molecule is CC(C)CCOc1ccc(CC(=O)OC(C)(C)C)cc1. The van der Waals surface area contributed by atoms with Crippen LogP contribution in [0.15, 0.2) is 24.3 Å². The van der Waals surface area contributed by atoms with Gasteiger partial charge in [-0.05, 0) is 50.8 Å². The molecule has 0 atom stereocenters. The van der Waals surface area contributed by atoms with Gasteiger partial charge in [-0.1, -0.05) is 26.0 Å². The lowest BCUT2D eigenvalue weighted by atomic mass is 10.1. The number of rotatable bonds is 6. The summed E-state index contributed by atoms with van der Waals surface area (Å²) in [6.45, 7) is 10.7. The minimum atomic E-state index is -0.434. The van der Waals surface area contributed by atoms with Crippen LogP contribution in [0, 0.1) is 5.92 Å². The summed E-state index contributed by atoms with van der Waals surface area (Å²) in [6.07, 6.45) is 1.34. The topological polar surface area (TPSA) is 35.5 Å². The van der Waals surface area contributed by atoms with Gasteiger partial charge in [-0.2, -0.15) is 0 Å². The van der Waals surface area contributed by atoms with E-state index in [0.717, 1.165) is 24.3 Å². The number of carbonyl (C=O) groups is 1. The minimum absolute atomic E-state index is 0.203. The van der Waals surface area contributed by atoms with Crippen LogP contribution in [0.25, 0.3) is 0 Å². The Bertz CT molecular complexity index is 413. The zero-order valence-corrected chi connectivity index (χ0v) is 13.2. The third-order valence-electron chi connectivity index (χ3n) is 2.66. The molecule has 0 saturated heterocycles. The van der Waals surface area contributed by atoms with Gasteiger partial charge in [0.05, 0.1) is 13.0 Å². The van der Waals surface area contributed by atoms with Gasteiger partial charge in [-0.15, -0.1) is 0 Å². The Morgan fingerprint density at radius 3 is 2.25 bits per heavy atom. The number of hydrogen-bond acceptors (Lipinski definition) is 3. The van der Waals surface area contributed by atoms with Crippen LogP contribution in [0.1, 0.15) is 46.6 Å². The number of benzene rings is 1. The van der Waals surface area contributed by atoms with Crippen LogP contribution in [-0.2, 0) is 16.0 Å². The zero-order chi connectivity index (χ0) is 15.2. The predicted molar refractivity (Wildman–Crippen MR) is 80.9 cm³/mol. The highest BCUT2D eigenvalue weighted by molar-refractivity contribution is 5.73. The maximum Gasteiger partial charge on any atom is 0.310 e. The quantitative estimate of drug-likeness (QED) is 0.738. The molecule has 0 spiro atoms. The Hall–Kier alpha value is -1.51. The van der Waals surface area contributed by atoms with Crippen molar-refractivity contribution in [3.8, 4) is 5.75 Å². The highest BCUT2D eigenvalue weighted by Crippen LogP contribution is 2.15. The van der Waals surface area contributed by atoms with E-state index in [-0.39, 0.29) is 5.97 Å². The van der Waals surface area contributed by atoms with Gasteiger partial charge < -0.3 is 9.47 Å². The van der Waals surface area contributed by atoms with E-state index < -0.39 is 5.60 Å². The highest BCUT2D eigenvalue weighted by atomic mass is 16.6. The Morgan fingerprint density at radius 1 is 1.15 bits per heavy atom. The van der Waals surface area contributed by atoms with Crippen molar-refractivity contribution in [2.75, 3.05) is 6.61 Å². The molecule has 0 aromatic heterocycles. The summed E-state index contributed by atoms with van der Waals surface area (Å²) in [7, 11) is 0. The molecular formula is C17H26O3. The normalized spacial score (nSPS) is 11.5. The maximum atomic E-state index is 11.7. The predicted octanol–water partition coefficient (Wildman–Crippen LogP) is 4.00. The first-order valence-electron chi connectivity index (χ1n) is 7.20. The first-order valence-corrected chi connectivity index (χ1v) is 7.20. The van der Waals surface area contributed by atoms with Crippen molar-refractivity contribution < 1.29 is 14.3 Å². The third-order valence-corrected chi connectivity index (χ3v) is 2.66. The Kier molecular flexibility index (Phi) is 6.05. The summed E-state index contributed by atoms with van der Waals surface area (Å²) in [6, 6.07) is 7.63. The molecule has 0 aliphatic rings. The smallest absolute Gasteiger partial charge is 0.310 e. The van der Waals surface area contributed by atoms with Crippen LogP contribution in [0.4, 0.5) is 0 Å². The zero-order valence-electron chi connectivity index (χ0n) is 13.2. The minimum Gasteiger partial charge on any atom is -0.494 e. The molecule has 0 heterocycles. The monoisotopic (exact) mass is 278 g/mol. The maximum absolute atomic E-state index is 11.7. The van der Waals surface area contributed by atoms with E-state index in [0.29, 0.717) is 12.3 Å². The van der Waals surface area contributed by atoms with Crippen LogP contribution < -0.4 is 4.74 Å². The van der Waals surface area contributed by atoms with Crippen molar-refractivity contribution >= 4 is 5.97 Å². The van der Waals surface area contributed by atoms with Crippen LogP contribution in [-0.4, -0.2) is 18.2 Å². The molecule has 112 valence electrons. The molecule has 3 nitrogen and oxygen atoms in total. The molecular weight excluding hydrogens is 252 g/mol. The summed E-state index contributed by atoms with van der Waals surface area (Å²) in [5.74, 6) is 1.28. The second-order valence-electron chi connectivity index (χ2n) is 6.44. The van der Waals surface area contributed by atoms with E-state index in [4.69, 9.17) is 9.47 Å². The summed E-state index contributed by atoms with van der Waals surface area (Å²) in [4.78, 5) is 11.7. The molecule has 1 aromatic carbocycles. The molecule has 0 unspecified atom stereocenters. The average molecular weight is 278 g/mol. The second kappa shape index (κ2) is 7.32. The molecule has 20 heavy (non-hydrogen) atoms. The molecule has 0 bridgehead atoms. The lowest BCUT2D eigenvalue weighted by molar-refractivity contribution is -0.153. The number of carbonyl (C=O) groups excluding carboxylic acids is 1. The van der Waals surface area contributed by atoms with E-state index in [9.17, 15) is 4.79 Å². The van der Waals surface area contributed by atoms with Gasteiger partial charge >= 0.3 is 5.97 Å². The molecule has 3 heteroatoms. The highest BCUT2D eigenvalue weighted by Gasteiger charge is 2.16. The number of esters is 1. The van der Waals surface area contributed by atoms with Crippen molar-refractivity contribution in [1.29, 1.82) is 0 Å². The molecule has 0 aliphatic carbocycles. The van der Waals surface area contributed by atoms with Gasteiger partial charge in [0, 0.05) is 0 Å². The molecule has 0 saturated carbocycles. The van der Waals surface area contributed by atoms with E-state index in [1.54, 1.807) is 0 Å². The van der Waals surface area contributed by atoms with Gasteiger partial charge in [-0.3, -0.25) is 4.79 Å². The van der Waals surface area contributed by atoms with Gasteiger partial charge in [-0.25, -0.2) is 0 Å². The molecule has 0 radical (unpaired) electrons. The summed E-state index contributed by atoms with van der Waals surface area (Å²) >= 11 is 0. The first kappa shape index (κ1) is 16.5. The molecule has 0 amide bonds. The van der Waals surface area contributed by atoms with E-state index in [1.807, 2.05) is 45.0 Å². The van der Waals surface area contributed by atoms with Crippen LogP contribution in [0.2, 0.25) is 0 Å². The lowest BCUT2D eigenvalue weighted by Crippen LogP contribution is -2.24. The van der Waals surface area contributed by atoms with E-state index in [2.05, 4.69) is 13.8 Å². The van der Waals surface area contributed by atoms with Gasteiger partial charge in [0.25, 0.3) is 0 Å². The van der Waals surface area contributed by atoms with E-state index in [1.165, 1.54) is 0 Å². The van der Waals surface area contributed by atoms with Gasteiger partial charge in [0.15, 0.2) is 0 Å². The fourth-order valence-corrected chi connectivity index (χ4v) is 1.66. The van der Waals surface area contributed by atoms with Crippen LogP contribution >= 0.6 is 0 Å². The van der Waals surface area contributed by atoms with Gasteiger partial charge in [0.2, 0.25) is 0 Å². The Morgan fingerprint density at radius 2 is 1.75 bits per heavy atom. The number of hydrogen-bond donors (Lipinski definition) is 0. The summed E-state index contributed by atoms with van der Waals surface area (Å²) in [5.41, 5.74) is 0.507. The standard InChI is InChI=1S/C17H26O3/c1-13(2)10-11-19-15-8-6-14(7-9-15)12-16(18)20-17(3,4)5/h6-9,13H,10-12H2,1-5H3. The fraction of sp³-hybridized carbons (Fsp3) is 0.588.